The molecule has 2 nitrogen and oxygen atoms in total. The first-order valence-corrected chi connectivity index (χ1v) is 7.92. The third-order valence-electron chi connectivity index (χ3n) is 3.79. The van der Waals surface area contributed by atoms with E-state index in [1.807, 2.05) is 6.07 Å². The van der Waals surface area contributed by atoms with E-state index < -0.39 is 0 Å². The van der Waals surface area contributed by atoms with Gasteiger partial charge in [-0.05, 0) is 47.4 Å². The molecular weight excluding hydrogens is 278 g/mol. The summed E-state index contributed by atoms with van der Waals surface area (Å²) in [5.41, 5.74) is 9.99. The van der Waals surface area contributed by atoms with Gasteiger partial charge in [-0.2, -0.15) is 0 Å². The minimum absolute atomic E-state index is 0.0569. The molecule has 0 saturated heterocycles. The Kier molecular flexibility index (Phi) is 3.95. The van der Waals surface area contributed by atoms with Crippen LogP contribution in [0.4, 0.5) is 0 Å². The number of ether oxygens (including phenoxy) is 1. The molecule has 0 amide bonds. The van der Waals surface area contributed by atoms with Crippen molar-refractivity contribution in [1.82, 2.24) is 0 Å². The van der Waals surface area contributed by atoms with Gasteiger partial charge in [-0.1, -0.05) is 30.3 Å². The molecule has 0 aliphatic carbocycles. The fourth-order valence-corrected chi connectivity index (χ4v) is 3.64. The topological polar surface area (TPSA) is 35.2 Å². The molecule has 1 aromatic heterocycles. The Hall–Kier alpha value is -1.84. The fraction of sp³-hybridized carbons (Fsp3) is 0.222. The summed E-state index contributed by atoms with van der Waals surface area (Å²) in [6.45, 7) is 2.06. The molecule has 108 valence electrons. The van der Waals surface area contributed by atoms with Gasteiger partial charge in [0, 0.05) is 16.3 Å². The van der Waals surface area contributed by atoms with Crippen LogP contribution in [0.25, 0.3) is 10.1 Å². The molecular formula is C18H19NOS. The highest BCUT2D eigenvalue weighted by atomic mass is 32.1. The third-order valence-corrected chi connectivity index (χ3v) is 4.80. The van der Waals surface area contributed by atoms with Crippen molar-refractivity contribution >= 4 is 21.4 Å². The zero-order chi connectivity index (χ0) is 14.8. The summed E-state index contributed by atoms with van der Waals surface area (Å²) in [5.74, 6) is 0.877. The zero-order valence-corrected chi connectivity index (χ0v) is 13.1. The molecule has 1 unspecified atom stereocenters. The summed E-state index contributed by atoms with van der Waals surface area (Å²) in [6.07, 6.45) is 0.823. The molecule has 0 bridgehead atoms. The van der Waals surface area contributed by atoms with Gasteiger partial charge >= 0.3 is 0 Å². The van der Waals surface area contributed by atoms with Crippen LogP contribution in [-0.4, -0.2) is 7.11 Å². The number of hydrogen-bond acceptors (Lipinski definition) is 3. The predicted molar refractivity (Wildman–Crippen MR) is 90.2 cm³/mol. The van der Waals surface area contributed by atoms with E-state index in [9.17, 15) is 0 Å². The van der Waals surface area contributed by atoms with Gasteiger partial charge in [-0.3, -0.25) is 0 Å². The Morgan fingerprint density at radius 3 is 2.81 bits per heavy atom. The van der Waals surface area contributed by atoms with Gasteiger partial charge in [0.05, 0.1) is 7.11 Å². The van der Waals surface area contributed by atoms with E-state index in [0.29, 0.717) is 0 Å². The molecule has 0 aliphatic rings. The molecule has 0 fully saturated rings. The van der Waals surface area contributed by atoms with Gasteiger partial charge in [-0.25, -0.2) is 0 Å². The molecule has 0 radical (unpaired) electrons. The zero-order valence-electron chi connectivity index (χ0n) is 12.3. The quantitative estimate of drug-likeness (QED) is 0.771. The van der Waals surface area contributed by atoms with Crippen LogP contribution in [0, 0.1) is 6.92 Å². The van der Waals surface area contributed by atoms with Crippen LogP contribution in [0.15, 0.2) is 47.8 Å². The first-order chi connectivity index (χ1) is 10.2. The van der Waals surface area contributed by atoms with Crippen molar-refractivity contribution in [2.24, 2.45) is 5.73 Å². The molecule has 21 heavy (non-hydrogen) atoms. The molecule has 3 aromatic rings. The number of benzene rings is 2. The Balaban J connectivity index is 1.91. The van der Waals surface area contributed by atoms with Gasteiger partial charge in [-0.15, -0.1) is 11.3 Å². The van der Waals surface area contributed by atoms with E-state index in [-0.39, 0.29) is 6.04 Å². The van der Waals surface area contributed by atoms with Crippen LogP contribution in [0.2, 0.25) is 0 Å². The monoisotopic (exact) mass is 297 g/mol. The van der Waals surface area contributed by atoms with Crippen molar-refractivity contribution < 1.29 is 4.74 Å². The molecule has 1 atom stereocenters. The SMILES string of the molecule is COc1cc(C)ccc1C(N)Cc1csc2ccccc12. The van der Waals surface area contributed by atoms with Crippen molar-refractivity contribution in [2.75, 3.05) is 7.11 Å². The lowest BCUT2D eigenvalue weighted by atomic mass is 9.97. The number of nitrogens with two attached hydrogens (primary N) is 1. The van der Waals surface area contributed by atoms with Gasteiger partial charge in [0.15, 0.2) is 0 Å². The van der Waals surface area contributed by atoms with Crippen molar-refractivity contribution in [3.63, 3.8) is 0 Å². The lowest BCUT2D eigenvalue weighted by Crippen LogP contribution is -2.14. The minimum atomic E-state index is -0.0569. The van der Waals surface area contributed by atoms with Crippen LogP contribution >= 0.6 is 11.3 Å². The number of rotatable bonds is 4. The van der Waals surface area contributed by atoms with E-state index in [2.05, 4.69) is 48.7 Å². The lowest BCUT2D eigenvalue weighted by molar-refractivity contribution is 0.405. The largest absolute Gasteiger partial charge is 0.496 e. The predicted octanol–water partition coefficient (Wildman–Crippen LogP) is 4.46. The normalized spacial score (nSPS) is 12.5. The number of aryl methyl sites for hydroxylation is 1. The van der Waals surface area contributed by atoms with Crippen LogP contribution < -0.4 is 10.5 Å². The highest BCUT2D eigenvalue weighted by Gasteiger charge is 2.14. The van der Waals surface area contributed by atoms with Gasteiger partial charge < -0.3 is 10.5 Å². The highest BCUT2D eigenvalue weighted by molar-refractivity contribution is 7.17. The summed E-state index contributed by atoms with van der Waals surface area (Å²) in [6, 6.07) is 14.6. The average molecular weight is 297 g/mol. The fourth-order valence-electron chi connectivity index (χ4n) is 2.66. The summed E-state index contributed by atoms with van der Waals surface area (Å²) < 4.78 is 6.79. The smallest absolute Gasteiger partial charge is 0.123 e. The maximum Gasteiger partial charge on any atom is 0.123 e. The number of thiophene rings is 1. The van der Waals surface area contributed by atoms with E-state index >= 15 is 0 Å². The van der Waals surface area contributed by atoms with Crippen LogP contribution in [-0.2, 0) is 6.42 Å². The Morgan fingerprint density at radius 1 is 1.19 bits per heavy atom. The minimum Gasteiger partial charge on any atom is -0.496 e. The van der Waals surface area contributed by atoms with E-state index in [1.165, 1.54) is 21.2 Å². The van der Waals surface area contributed by atoms with Crippen LogP contribution in [0.5, 0.6) is 5.75 Å². The van der Waals surface area contributed by atoms with E-state index in [0.717, 1.165) is 17.7 Å². The molecule has 3 rings (SSSR count). The average Bonchev–Trinajstić information content (AvgIpc) is 2.90. The summed E-state index contributed by atoms with van der Waals surface area (Å²) in [5, 5.41) is 3.52. The Bertz CT molecular complexity index is 763. The molecule has 0 aliphatic heterocycles. The Labute approximate surface area is 129 Å². The van der Waals surface area contributed by atoms with Crippen LogP contribution in [0.1, 0.15) is 22.7 Å². The van der Waals surface area contributed by atoms with Crippen molar-refractivity contribution in [2.45, 2.75) is 19.4 Å². The van der Waals surface area contributed by atoms with Crippen molar-refractivity contribution in [3.05, 3.63) is 64.5 Å². The third kappa shape index (κ3) is 2.80. The van der Waals surface area contributed by atoms with E-state index in [1.54, 1.807) is 18.4 Å². The Morgan fingerprint density at radius 2 is 2.00 bits per heavy atom. The van der Waals surface area contributed by atoms with Crippen LogP contribution in [0.3, 0.4) is 0 Å². The second kappa shape index (κ2) is 5.88. The number of hydrogen-bond donors (Lipinski definition) is 1. The maximum absolute atomic E-state index is 6.43. The van der Waals surface area contributed by atoms with Crippen molar-refractivity contribution in [3.8, 4) is 5.75 Å². The first-order valence-electron chi connectivity index (χ1n) is 7.04. The molecule has 1 heterocycles. The lowest BCUT2D eigenvalue weighted by Gasteiger charge is -2.16. The standard InChI is InChI=1S/C18H19NOS/c1-12-7-8-15(17(9-12)20-2)16(19)10-13-11-21-18-6-4-3-5-14(13)18/h3-9,11,16H,10,19H2,1-2H3. The molecule has 2 aromatic carbocycles. The maximum atomic E-state index is 6.43. The summed E-state index contributed by atoms with van der Waals surface area (Å²) in [7, 11) is 1.70. The van der Waals surface area contributed by atoms with Gasteiger partial charge in [0.1, 0.15) is 5.75 Å². The first kappa shape index (κ1) is 14.1. The summed E-state index contributed by atoms with van der Waals surface area (Å²) in [4.78, 5) is 0. The van der Waals surface area contributed by atoms with E-state index in [4.69, 9.17) is 10.5 Å². The number of fused-ring (bicyclic) bond motifs is 1. The molecule has 2 N–H and O–H groups in total. The molecule has 0 saturated carbocycles. The molecule has 3 heteroatoms. The molecule has 0 spiro atoms. The van der Waals surface area contributed by atoms with Crippen molar-refractivity contribution in [1.29, 1.82) is 0 Å². The number of methoxy groups -OCH3 is 1. The van der Waals surface area contributed by atoms with Gasteiger partial charge in [0.2, 0.25) is 0 Å². The second-order valence-corrected chi connectivity index (χ2v) is 6.22. The summed E-state index contributed by atoms with van der Waals surface area (Å²) >= 11 is 1.78. The highest BCUT2D eigenvalue weighted by Crippen LogP contribution is 2.31. The van der Waals surface area contributed by atoms with Gasteiger partial charge in [0.25, 0.3) is 0 Å². The second-order valence-electron chi connectivity index (χ2n) is 5.31.